The van der Waals surface area contributed by atoms with Gasteiger partial charge in [0, 0.05) is 22.1 Å². The molecule has 4 heteroatoms. The molecule has 1 saturated carbocycles. The van der Waals surface area contributed by atoms with E-state index >= 15 is 0 Å². The topological polar surface area (TPSA) is 24.9 Å². The maximum atomic E-state index is 6.26. The predicted octanol–water partition coefficient (Wildman–Crippen LogP) is 4.70. The number of halogens is 1. The van der Waals surface area contributed by atoms with Crippen LogP contribution in [0.15, 0.2) is 29.6 Å². The van der Waals surface area contributed by atoms with Crippen LogP contribution in [0.1, 0.15) is 48.0 Å². The van der Waals surface area contributed by atoms with Gasteiger partial charge in [0.15, 0.2) is 0 Å². The van der Waals surface area contributed by atoms with Crippen LogP contribution in [-0.4, -0.2) is 11.0 Å². The first-order chi connectivity index (χ1) is 9.63. The van der Waals surface area contributed by atoms with Gasteiger partial charge in [-0.15, -0.1) is 11.3 Å². The van der Waals surface area contributed by atoms with Crippen LogP contribution in [0.5, 0.6) is 0 Å². The Balaban J connectivity index is 1.55. The number of hydrogen-bond donors (Lipinski definition) is 1. The molecule has 0 aliphatic heterocycles. The van der Waals surface area contributed by atoms with Crippen molar-refractivity contribution in [1.29, 1.82) is 0 Å². The van der Waals surface area contributed by atoms with Gasteiger partial charge in [0.1, 0.15) is 5.01 Å². The molecule has 1 aliphatic rings. The summed E-state index contributed by atoms with van der Waals surface area (Å²) in [6, 6.07) is 9.12. The standard InChI is InChI=1S/C16H19ClN2S/c1-10-9-20-16(18-10)11(2)19-13-7-12(8-13)14-5-3-4-6-15(14)17/h3-6,9,11-13,19H,7-8H2,1-2H3. The highest BCUT2D eigenvalue weighted by molar-refractivity contribution is 7.09. The van der Waals surface area contributed by atoms with Crippen LogP contribution in [0.4, 0.5) is 0 Å². The maximum absolute atomic E-state index is 6.26. The first-order valence-corrected chi connectivity index (χ1v) is 8.31. The molecule has 0 spiro atoms. The minimum absolute atomic E-state index is 0.339. The quantitative estimate of drug-likeness (QED) is 0.885. The van der Waals surface area contributed by atoms with Crippen molar-refractivity contribution in [3.8, 4) is 0 Å². The van der Waals surface area contributed by atoms with Crippen LogP contribution in [-0.2, 0) is 0 Å². The van der Waals surface area contributed by atoms with E-state index in [9.17, 15) is 0 Å². The Bertz CT molecular complexity index is 590. The van der Waals surface area contributed by atoms with E-state index < -0.39 is 0 Å². The summed E-state index contributed by atoms with van der Waals surface area (Å²) in [5.74, 6) is 0.603. The average molecular weight is 307 g/mol. The first-order valence-electron chi connectivity index (χ1n) is 7.06. The number of benzene rings is 1. The van der Waals surface area contributed by atoms with Gasteiger partial charge in [-0.3, -0.25) is 0 Å². The summed E-state index contributed by atoms with van der Waals surface area (Å²) in [5.41, 5.74) is 2.41. The molecule has 3 rings (SSSR count). The molecule has 1 aliphatic carbocycles. The lowest BCUT2D eigenvalue weighted by Gasteiger charge is -2.38. The zero-order valence-corrected chi connectivity index (χ0v) is 13.3. The van der Waals surface area contributed by atoms with Gasteiger partial charge >= 0.3 is 0 Å². The largest absolute Gasteiger partial charge is 0.305 e. The molecule has 1 aromatic carbocycles. The molecular weight excluding hydrogens is 288 g/mol. The first kappa shape index (κ1) is 14.1. The SMILES string of the molecule is Cc1csc(C(C)NC2CC(c3ccccc3Cl)C2)n1. The molecule has 0 radical (unpaired) electrons. The predicted molar refractivity (Wildman–Crippen MR) is 85.6 cm³/mol. The normalized spacial score (nSPS) is 23.4. The molecule has 1 fully saturated rings. The zero-order valence-electron chi connectivity index (χ0n) is 11.8. The van der Waals surface area contributed by atoms with E-state index in [0.29, 0.717) is 18.0 Å². The Kier molecular flexibility index (Phi) is 4.11. The number of aromatic nitrogens is 1. The Labute approximate surface area is 129 Å². The highest BCUT2D eigenvalue weighted by Gasteiger charge is 2.32. The molecule has 0 bridgehead atoms. The molecule has 1 heterocycles. The maximum Gasteiger partial charge on any atom is 0.110 e. The van der Waals surface area contributed by atoms with Crippen molar-refractivity contribution in [1.82, 2.24) is 10.3 Å². The Morgan fingerprint density at radius 3 is 2.75 bits per heavy atom. The second kappa shape index (κ2) is 5.84. The Hall–Kier alpha value is -0.900. The Morgan fingerprint density at radius 2 is 2.10 bits per heavy atom. The van der Waals surface area contributed by atoms with E-state index in [1.165, 1.54) is 23.4 Å². The molecule has 20 heavy (non-hydrogen) atoms. The van der Waals surface area contributed by atoms with E-state index in [4.69, 9.17) is 11.6 Å². The average Bonchev–Trinajstić information content (AvgIpc) is 2.81. The van der Waals surface area contributed by atoms with E-state index in [1.807, 2.05) is 19.1 Å². The number of hydrogen-bond acceptors (Lipinski definition) is 3. The third kappa shape index (κ3) is 2.90. The van der Waals surface area contributed by atoms with Crippen LogP contribution in [0.3, 0.4) is 0 Å². The number of nitrogens with zero attached hydrogens (tertiary/aromatic N) is 1. The molecule has 106 valence electrons. The van der Waals surface area contributed by atoms with Crippen LogP contribution in [0.25, 0.3) is 0 Å². The fourth-order valence-corrected chi connectivity index (χ4v) is 3.91. The highest BCUT2D eigenvalue weighted by Crippen LogP contribution is 2.40. The molecule has 2 aromatic rings. The van der Waals surface area contributed by atoms with Crippen molar-refractivity contribution in [2.24, 2.45) is 0 Å². The van der Waals surface area contributed by atoms with Gasteiger partial charge in [-0.1, -0.05) is 29.8 Å². The van der Waals surface area contributed by atoms with Gasteiger partial charge in [0.2, 0.25) is 0 Å². The second-order valence-corrected chi connectivity index (χ2v) is 6.90. The molecule has 1 unspecified atom stereocenters. The van der Waals surface area contributed by atoms with Crippen molar-refractivity contribution in [3.63, 3.8) is 0 Å². The third-order valence-electron chi connectivity index (χ3n) is 3.98. The van der Waals surface area contributed by atoms with Crippen molar-refractivity contribution in [2.45, 2.75) is 44.7 Å². The molecule has 0 amide bonds. The number of aryl methyl sites for hydroxylation is 1. The molecular formula is C16H19ClN2S. The van der Waals surface area contributed by atoms with E-state index in [-0.39, 0.29) is 0 Å². The molecule has 1 atom stereocenters. The lowest BCUT2D eigenvalue weighted by molar-refractivity contribution is 0.270. The molecule has 2 nitrogen and oxygen atoms in total. The van der Waals surface area contributed by atoms with Gasteiger partial charge in [-0.05, 0) is 44.2 Å². The van der Waals surface area contributed by atoms with E-state index in [0.717, 1.165) is 10.7 Å². The van der Waals surface area contributed by atoms with Gasteiger partial charge in [0.05, 0.1) is 6.04 Å². The summed E-state index contributed by atoms with van der Waals surface area (Å²) in [6.45, 7) is 4.24. The van der Waals surface area contributed by atoms with Crippen molar-refractivity contribution < 1.29 is 0 Å². The van der Waals surface area contributed by atoms with Gasteiger partial charge in [-0.25, -0.2) is 4.98 Å². The minimum Gasteiger partial charge on any atom is -0.305 e. The van der Waals surface area contributed by atoms with Crippen molar-refractivity contribution in [3.05, 3.63) is 50.9 Å². The smallest absolute Gasteiger partial charge is 0.110 e. The zero-order chi connectivity index (χ0) is 14.1. The highest BCUT2D eigenvalue weighted by atomic mass is 35.5. The van der Waals surface area contributed by atoms with Gasteiger partial charge < -0.3 is 5.32 Å². The second-order valence-electron chi connectivity index (χ2n) is 5.60. The van der Waals surface area contributed by atoms with Crippen molar-refractivity contribution >= 4 is 22.9 Å². The number of nitrogens with one attached hydrogen (secondary N) is 1. The summed E-state index contributed by atoms with van der Waals surface area (Å²) in [5, 5.41) is 7.87. The Morgan fingerprint density at radius 1 is 1.35 bits per heavy atom. The minimum atomic E-state index is 0.339. The van der Waals surface area contributed by atoms with Gasteiger partial charge in [0.25, 0.3) is 0 Å². The van der Waals surface area contributed by atoms with Crippen LogP contribution < -0.4 is 5.32 Å². The van der Waals surface area contributed by atoms with Crippen LogP contribution >= 0.6 is 22.9 Å². The fraction of sp³-hybridized carbons (Fsp3) is 0.438. The van der Waals surface area contributed by atoms with E-state index in [2.05, 4.69) is 34.7 Å². The van der Waals surface area contributed by atoms with Crippen molar-refractivity contribution in [2.75, 3.05) is 0 Å². The molecule has 0 saturated heterocycles. The summed E-state index contributed by atoms with van der Waals surface area (Å²) in [6.07, 6.45) is 2.33. The third-order valence-corrected chi connectivity index (χ3v) is 5.47. The molecule has 1 N–H and O–H groups in total. The summed E-state index contributed by atoms with van der Waals surface area (Å²) in [4.78, 5) is 4.55. The fourth-order valence-electron chi connectivity index (χ4n) is 2.81. The van der Waals surface area contributed by atoms with E-state index in [1.54, 1.807) is 11.3 Å². The van der Waals surface area contributed by atoms with Crippen LogP contribution in [0, 0.1) is 6.92 Å². The number of rotatable bonds is 4. The lowest BCUT2D eigenvalue weighted by Crippen LogP contribution is -2.41. The number of thiazole rings is 1. The monoisotopic (exact) mass is 306 g/mol. The lowest BCUT2D eigenvalue weighted by atomic mass is 9.75. The summed E-state index contributed by atoms with van der Waals surface area (Å²) < 4.78 is 0. The summed E-state index contributed by atoms with van der Waals surface area (Å²) in [7, 11) is 0. The van der Waals surface area contributed by atoms with Gasteiger partial charge in [-0.2, -0.15) is 0 Å². The summed E-state index contributed by atoms with van der Waals surface area (Å²) >= 11 is 7.99. The molecule has 1 aromatic heterocycles. The van der Waals surface area contributed by atoms with Crippen LogP contribution in [0.2, 0.25) is 5.02 Å².